The molecule has 5 rings (SSSR count). The van der Waals surface area contributed by atoms with Crippen LogP contribution in [0.1, 0.15) is 21.5 Å². The van der Waals surface area contributed by atoms with Crippen LogP contribution in [0.15, 0.2) is 91.0 Å². The van der Waals surface area contributed by atoms with Gasteiger partial charge in [0.1, 0.15) is 23.3 Å². The summed E-state index contributed by atoms with van der Waals surface area (Å²) < 4.78 is 16.9. The molecule has 0 saturated heterocycles. The molecule has 1 heterocycles. The molecule has 0 radical (unpaired) electrons. The number of methoxy groups -OCH3 is 1. The summed E-state index contributed by atoms with van der Waals surface area (Å²) >= 11 is 0. The van der Waals surface area contributed by atoms with E-state index in [4.69, 9.17) is 14.2 Å². The van der Waals surface area contributed by atoms with Crippen molar-refractivity contribution in [1.82, 2.24) is 15.0 Å². The SMILES string of the molecule is COc1ccccc1OCc1ccc(C(=O)Oc2ccc(C)cc2-n2nc3ccccc3n2)cc1. The first-order valence-electron chi connectivity index (χ1n) is 11.1. The number of hydrogen-bond donors (Lipinski definition) is 0. The quantitative estimate of drug-likeness (QED) is 0.232. The van der Waals surface area contributed by atoms with Crippen molar-refractivity contribution >= 4 is 17.0 Å². The van der Waals surface area contributed by atoms with Gasteiger partial charge in [0, 0.05) is 0 Å². The lowest BCUT2D eigenvalue weighted by Gasteiger charge is -2.11. The molecule has 0 unspecified atom stereocenters. The van der Waals surface area contributed by atoms with Crippen molar-refractivity contribution < 1.29 is 19.0 Å². The number of hydrogen-bond acceptors (Lipinski definition) is 6. The van der Waals surface area contributed by atoms with E-state index in [-0.39, 0.29) is 0 Å². The molecule has 0 aliphatic carbocycles. The molecule has 0 amide bonds. The Bertz CT molecular complexity index is 1460. The minimum absolute atomic E-state index is 0.344. The number of aromatic nitrogens is 3. The average Bonchev–Trinajstić information content (AvgIpc) is 3.33. The Kier molecular flexibility index (Phi) is 6.13. The molecular weight excluding hydrogens is 442 g/mol. The summed E-state index contributed by atoms with van der Waals surface area (Å²) in [6.07, 6.45) is 0. The molecule has 0 atom stereocenters. The van der Waals surface area contributed by atoms with Crippen LogP contribution in [0.5, 0.6) is 17.2 Å². The van der Waals surface area contributed by atoms with E-state index in [0.717, 1.165) is 22.2 Å². The van der Waals surface area contributed by atoms with Gasteiger partial charge in [-0.3, -0.25) is 0 Å². The first kappa shape index (κ1) is 22.2. The number of benzene rings is 4. The topological polar surface area (TPSA) is 75.5 Å². The molecule has 4 aromatic carbocycles. The maximum Gasteiger partial charge on any atom is 0.343 e. The summed E-state index contributed by atoms with van der Waals surface area (Å²) in [6.45, 7) is 2.31. The van der Waals surface area contributed by atoms with Gasteiger partial charge in [0.05, 0.1) is 12.7 Å². The van der Waals surface area contributed by atoms with Crippen molar-refractivity contribution in [2.24, 2.45) is 0 Å². The highest BCUT2D eigenvalue weighted by molar-refractivity contribution is 5.91. The Morgan fingerprint density at radius 3 is 2.14 bits per heavy atom. The van der Waals surface area contributed by atoms with E-state index in [2.05, 4.69) is 10.2 Å². The van der Waals surface area contributed by atoms with E-state index in [0.29, 0.717) is 35.1 Å². The van der Waals surface area contributed by atoms with E-state index in [1.54, 1.807) is 25.3 Å². The molecule has 0 aliphatic rings. The van der Waals surface area contributed by atoms with E-state index in [1.807, 2.05) is 79.7 Å². The summed E-state index contributed by atoms with van der Waals surface area (Å²) in [5, 5.41) is 9.05. The predicted octanol–water partition coefficient (Wildman–Crippen LogP) is 5.54. The van der Waals surface area contributed by atoms with Crippen LogP contribution in [-0.4, -0.2) is 28.1 Å². The van der Waals surface area contributed by atoms with Crippen LogP contribution in [0.3, 0.4) is 0 Å². The Labute approximate surface area is 202 Å². The number of carbonyl (C=O) groups excluding carboxylic acids is 1. The largest absolute Gasteiger partial charge is 0.493 e. The summed E-state index contributed by atoms with van der Waals surface area (Å²) in [6, 6.07) is 27.7. The molecule has 174 valence electrons. The number of esters is 1. The third-order valence-corrected chi connectivity index (χ3v) is 5.47. The van der Waals surface area contributed by atoms with Gasteiger partial charge in [0.25, 0.3) is 0 Å². The second-order valence-electron chi connectivity index (χ2n) is 7.98. The van der Waals surface area contributed by atoms with Gasteiger partial charge in [-0.05, 0) is 66.6 Å². The van der Waals surface area contributed by atoms with E-state index in [1.165, 1.54) is 4.80 Å². The lowest BCUT2D eigenvalue weighted by Crippen LogP contribution is -2.11. The highest BCUT2D eigenvalue weighted by Crippen LogP contribution is 2.27. The average molecular weight is 466 g/mol. The van der Waals surface area contributed by atoms with Crippen molar-refractivity contribution in [1.29, 1.82) is 0 Å². The molecule has 0 fully saturated rings. The zero-order valence-electron chi connectivity index (χ0n) is 19.3. The zero-order chi connectivity index (χ0) is 24.2. The van der Waals surface area contributed by atoms with Crippen molar-refractivity contribution in [2.75, 3.05) is 7.11 Å². The van der Waals surface area contributed by atoms with Gasteiger partial charge in [-0.15, -0.1) is 15.0 Å². The maximum atomic E-state index is 12.9. The van der Waals surface area contributed by atoms with Crippen LogP contribution in [-0.2, 0) is 6.61 Å². The highest BCUT2D eigenvalue weighted by atomic mass is 16.5. The number of ether oxygens (including phenoxy) is 3. The molecule has 5 aromatic rings. The normalized spacial score (nSPS) is 10.8. The first-order chi connectivity index (χ1) is 17.1. The van der Waals surface area contributed by atoms with Crippen LogP contribution in [0.25, 0.3) is 16.7 Å². The highest BCUT2D eigenvalue weighted by Gasteiger charge is 2.15. The molecule has 35 heavy (non-hydrogen) atoms. The van der Waals surface area contributed by atoms with Crippen molar-refractivity contribution in [2.45, 2.75) is 13.5 Å². The number of aryl methyl sites for hydroxylation is 1. The predicted molar refractivity (Wildman–Crippen MR) is 132 cm³/mol. The molecule has 0 spiro atoms. The van der Waals surface area contributed by atoms with Gasteiger partial charge in [0.15, 0.2) is 17.2 Å². The van der Waals surface area contributed by atoms with E-state index in [9.17, 15) is 4.79 Å². The second kappa shape index (κ2) is 9.69. The Hall–Kier alpha value is -4.65. The minimum Gasteiger partial charge on any atom is -0.493 e. The van der Waals surface area contributed by atoms with E-state index < -0.39 is 5.97 Å². The number of para-hydroxylation sites is 2. The molecule has 0 saturated carbocycles. The Balaban J connectivity index is 1.32. The van der Waals surface area contributed by atoms with Gasteiger partial charge in [-0.1, -0.05) is 42.5 Å². The third-order valence-electron chi connectivity index (χ3n) is 5.47. The van der Waals surface area contributed by atoms with Crippen molar-refractivity contribution in [3.05, 3.63) is 108 Å². The summed E-state index contributed by atoms with van der Waals surface area (Å²) in [7, 11) is 1.60. The maximum absolute atomic E-state index is 12.9. The Morgan fingerprint density at radius 2 is 1.46 bits per heavy atom. The number of rotatable bonds is 7. The smallest absolute Gasteiger partial charge is 0.343 e. The van der Waals surface area contributed by atoms with Gasteiger partial charge >= 0.3 is 5.97 Å². The van der Waals surface area contributed by atoms with Crippen LogP contribution < -0.4 is 14.2 Å². The molecule has 0 bridgehead atoms. The molecule has 0 N–H and O–H groups in total. The van der Waals surface area contributed by atoms with Gasteiger partial charge in [0.2, 0.25) is 0 Å². The van der Waals surface area contributed by atoms with Crippen LogP contribution in [0.2, 0.25) is 0 Å². The fraction of sp³-hybridized carbons (Fsp3) is 0.107. The fourth-order valence-corrected chi connectivity index (χ4v) is 3.63. The summed E-state index contributed by atoms with van der Waals surface area (Å²) in [4.78, 5) is 14.4. The second-order valence-corrected chi connectivity index (χ2v) is 7.98. The minimum atomic E-state index is -0.469. The molecule has 0 aliphatic heterocycles. The van der Waals surface area contributed by atoms with Crippen LogP contribution in [0.4, 0.5) is 0 Å². The standard InChI is InChI=1S/C28H23N3O4/c1-19-11-16-25(24(17-19)31-29-22-7-3-4-8-23(22)30-31)35-28(32)21-14-12-20(13-15-21)18-34-27-10-6-5-9-26(27)33-2/h3-17H,18H2,1-2H3. The first-order valence-corrected chi connectivity index (χ1v) is 11.1. The Morgan fingerprint density at radius 1 is 0.800 bits per heavy atom. The number of nitrogens with zero attached hydrogens (tertiary/aromatic N) is 3. The molecule has 7 nitrogen and oxygen atoms in total. The summed E-state index contributed by atoms with van der Waals surface area (Å²) in [5.41, 5.74) is 4.46. The summed E-state index contributed by atoms with van der Waals surface area (Å²) in [5.74, 6) is 1.24. The van der Waals surface area contributed by atoms with Crippen molar-refractivity contribution in [3.63, 3.8) is 0 Å². The number of carbonyl (C=O) groups is 1. The number of fused-ring (bicyclic) bond motifs is 1. The van der Waals surface area contributed by atoms with Crippen LogP contribution >= 0.6 is 0 Å². The van der Waals surface area contributed by atoms with E-state index >= 15 is 0 Å². The molecular formula is C28H23N3O4. The fourth-order valence-electron chi connectivity index (χ4n) is 3.63. The zero-order valence-corrected chi connectivity index (χ0v) is 19.3. The molecule has 7 heteroatoms. The third kappa shape index (κ3) is 4.84. The van der Waals surface area contributed by atoms with Gasteiger partial charge in [-0.25, -0.2) is 4.79 Å². The lowest BCUT2D eigenvalue weighted by atomic mass is 10.1. The van der Waals surface area contributed by atoms with Gasteiger partial charge in [-0.2, -0.15) is 0 Å². The van der Waals surface area contributed by atoms with Gasteiger partial charge < -0.3 is 14.2 Å². The van der Waals surface area contributed by atoms with Crippen molar-refractivity contribution in [3.8, 4) is 22.9 Å². The van der Waals surface area contributed by atoms with Crippen LogP contribution in [0, 0.1) is 6.92 Å². The monoisotopic (exact) mass is 465 g/mol. The molecule has 1 aromatic heterocycles. The lowest BCUT2D eigenvalue weighted by molar-refractivity contribution is 0.0734.